The number of nitro benzene ring substituents is 1. The fourth-order valence-electron chi connectivity index (χ4n) is 1.88. The summed E-state index contributed by atoms with van der Waals surface area (Å²) in [4.78, 5) is 32.8. The summed E-state index contributed by atoms with van der Waals surface area (Å²) in [6.45, 7) is 2.96. The summed E-state index contributed by atoms with van der Waals surface area (Å²) < 4.78 is 4.64. The molecule has 0 fully saturated rings. The van der Waals surface area contributed by atoms with E-state index in [1.807, 2.05) is 0 Å². The molecule has 0 spiro atoms. The molecular weight excluding hydrogens is 294 g/mol. The highest BCUT2D eigenvalue weighted by Gasteiger charge is 2.28. The van der Waals surface area contributed by atoms with E-state index in [1.165, 1.54) is 19.1 Å². The average Bonchev–Trinajstić information content (AvgIpc) is 2.45. The molecule has 8 heteroatoms. The number of aliphatic hydroxyl groups is 2. The Labute approximate surface area is 126 Å². The van der Waals surface area contributed by atoms with E-state index in [-0.39, 0.29) is 23.5 Å². The summed E-state index contributed by atoms with van der Waals surface area (Å²) in [5, 5.41) is 30.9. The summed E-state index contributed by atoms with van der Waals surface area (Å²) in [5.41, 5.74) is -0.558. The van der Waals surface area contributed by atoms with Gasteiger partial charge in [-0.3, -0.25) is 19.7 Å². The minimum absolute atomic E-state index is 0.113. The van der Waals surface area contributed by atoms with Crippen LogP contribution in [-0.4, -0.2) is 39.6 Å². The van der Waals surface area contributed by atoms with Gasteiger partial charge in [-0.15, -0.1) is 0 Å². The van der Waals surface area contributed by atoms with Gasteiger partial charge in [-0.05, 0) is 19.9 Å². The van der Waals surface area contributed by atoms with Gasteiger partial charge in [0.25, 0.3) is 5.69 Å². The molecule has 0 aliphatic carbocycles. The maximum absolute atomic E-state index is 11.3. The fourth-order valence-corrected chi connectivity index (χ4v) is 1.88. The van der Waals surface area contributed by atoms with Gasteiger partial charge in [-0.2, -0.15) is 0 Å². The van der Waals surface area contributed by atoms with Crippen molar-refractivity contribution >= 4 is 17.4 Å². The quantitative estimate of drug-likeness (QED) is 0.334. The molecule has 120 valence electrons. The molecule has 0 saturated carbocycles. The highest BCUT2D eigenvalue weighted by atomic mass is 16.6. The number of carbonyl (C=O) groups is 2. The van der Waals surface area contributed by atoms with Crippen LogP contribution in [0, 0.1) is 10.1 Å². The molecule has 0 aliphatic heterocycles. The minimum Gasteiger partial charge on any atom is -0.466 e. The van der Waals surface area contributed by atoms with Crippen molar-refractivity contribution in [3.8, 4) is 0 Å². The van der Waals surface area contributed by atoms with Gasteiger partial charge in [0, 0.05) is 11.6 Å². The van der Waals surface area contributed by atoms with Crippen molar-refractivity contribution < 1.29 is 29.5 Å². The highest BCUT2D eigenvalue weighted by Crippen LogP contribution is 2.29. The van der Waals surface area contributed by atoms with Crippen LogP contribution in [0.25, 0.3) is 0 Å². The summed E-state index contributed by atoms with van der Waals surface area (Å²) in [6, 6.07) is 3.52. The maximum atomic E-state index is 11.3. The van der Waals surface area contributed by atoms with Crippen LogP contribution in [0.3, 0.4) is 0 Å². The van der Waals surface area contributed by atoms with Crippen molar-refractivity contribution in [2.24, 2.45) is 0 Å². The lowest BCUT2D eigenvalue weighted by Gasteiger charge is -2.17. The van der Waals surface area contributed by atoms with Crippen molar-refractivity contribution in [2.45, 2.75) is 32.5 Å². The number of nitro groups is 1. The molecule has 2 N–H and O–H groups in total. The van der Waals surface area contributed by atoms with Gasteiger partial charge in [-0.25, -0.2) is 0 Å². The molecule has 1 aromatic rings. The fraction of sp³-hybridized carbons (Fsp3) is 0.429. The van der Waals surface area contributed by atoms with Gasteiger partial charge in [0.2, 0.25) is 0 Å². The number of hydrogen-bond acceptors (Lipinski definition) is 7. The minimum atomic E-state index is -1.65. The van der Waals surface area contributed by atoms with E-state index in [0.717, 1.165) is 6.07 Å². The van der Waals surface area contributed by atoms with E-state index >= 15 is 0 Å². The van der Waals surface area contributed by atoms with Crippen molar-refractivity contribution in [1.29, 1.82) is 0 Å². The molecule has 22 heavy (non-hydrogen) atoms. The van der Waals surface area contributed by atoms with E-state index in [9.17, 15) is 29.9 Å². The van der Waals surface area contributed by atoms with Gasteiger partial charge in [-0.1, -0.05) is 6.07 Å². The van der Waals surface area contributed by atoms with E-state index in [4.69, 9.17) is 0 Å². The Bertz CT molecular complexity index is 585. The second kappa shape index (κ2) is 7.62. The number of ketones is 1. The zero-order valence-electron chi connectivity index (χ0n) is 12.2. The number of ether oxygens (including phenoxy) is 1. The first-order chi connectivity index (χ1) is 10.3. The zero-order valence-corrected chi connectivity index (χ0v) is 12.2. The molecule has 8 nitrogen and oxygen atoms in total. The molecule has 2 unspecified atom stereocenters. The molecule has 2 atom stereocenters. The molecular formula is C14H17NO7. The predicted molar refractivity (Wildman–Crippen MR) is 75.3 cm³/mol. The summed E-state index contributed by atoms with van der Waals surface area (Å²) in [7, 11) is 0. The standard InChI is InChI=1S/C14H17NO7/c1-3-22-13(18)7-12(17)14(19)10-5-4-9(8(2)16)6-11(10)15(20)21/h4-6,12,14,17,19H,3,7H2,1-2H3. The molecule has 1 aromatic carbocycles. The third-order valence-electron chi connectivity index (χ3n) is 3.00. The normalized spacial score (nSPS) is 13.3. The van der Waals surface area contributed by atoms with Crippen LogP contribution in [0.4, 0.5) is 5.69 Å². The van der Waals surface area contributed by atoms with Gasteiger partial charge in [0.05, 0.1) is 29.6 Å². The average molecular weight is 311 g/mol. The molecule has 0 saturated heterocycles. The van der Waals surface area contributed by atoms with Gasteiger partial charge < -0.3 is 14.9 Å². The summed E-state index contributed by atoms with van der Waals surface area (Å²) in [6.07, 6.45) is -3.70. The molecule has 0 amide bonds. The third-order valence-corrected chi connectivity index (χ3v) is 3.00. The second-order valence-electron chi connectivity index (χ2n) is 4.61. The van der Waals surface area contributed by atoms with Crippen LogP contribution < -0.4 is 0 Å². The lowest BCUT2D eigenvalue weighted by molar-refractivity contribution is -0.386. The maximum Gasteiger partial charge on any atom is 0.308 e. The second-order valence-corrected chi connectivity index (χ2v) is 4.61. The smallest absolute Gasteiger partial charge is 0.308 e. The first-order valence-corrected chi connectivity index (χ1v) is 6.59. The topological polar surface area (TPSA) is 127 Å². The number of esters is 1. The molecule has 0 aliphatic rings. The first-order valence-electron chi connectivity index (χ1n) is 6.59. The van der Waals surface area contributed by atoms with Gasteiger partial charge >= 0.3 is 5.97 Å². The zero-order chi connectivity index (χ0) is 16.9. The van der Waals surface area contributed by atoms with Gasteiger partial charge in [0.15, 0.2) is 5.78 Å². The number of Topliss-reactive ketones (excluding diaryl/α,β-unsaturated/α-hetero) is 1. The number of aliphatic hydroxyl groups excluding tert-OH is 2. The molecule has 1 rings (SSSR count). The number of benzene rings is 1. The highest BCUT2D eigenvalue weighted by molar-refractivity contribution is 5.94. The van der Waals surface area contributed by atoms with Crippen LogP contribution in [-0.2, 0) is 9.53 Å². The Morgan fingerprint density at radius 1 is 1.36 bits per heavy atom. The molecule has 0 aromatic heterocycles. The van der Waals surface area contributed by atoms with E-state index in [0.29, 0.717) is 0 Å². The number of carbonyl (C=O) groups excluding carboxylic acids is 2. The lowest BCUT2D eigenvalue weighted by atomic mass is 9.98. The van der Waals surface area contributed by atoms with Crippen LogP contribution in [0.15, 0.2) is 18.2 Å². The summed E-state index contributed by atoms with van der Waals surface area (Å²) in [5.74, 6) is -1.09. The van der Waals surface area contributed by atoms with E-state index in [1.54, 1.807) is 6.92 Å². The van der Waals surface area contributed by atoms with Crippen molar-refractivity contribution in [2.75, 3.05) is 6.61 Å². The molecule has 0 heterocycles. The number of nitrogens with zero attached hydrogens (tertiary/aromatic N) is 1. The van der Waals surface area contributed by atoms with E-state index in [2.05, 4.69) is 4.74 Å². The Hall–Kier alpha value is -2.32. The third kappa shape index (κ3) is 4.34. The number of hydrogen-bond donors (Lipinski definition) is 2. The predicted octanol–water partition coefficient (Wildman–Crippen LogP) is 1.14. The van der Waals surface area contributed by atoms with Crippen molar-refractivity contribution in [3.63, 3.8) is 0 Å². The molecule has 0 radical (unpaired) electrons. The Morgan fingerprint density at radius 2 is 2.00 bits per heavy atom. The lowest BCUT2D eigenvalue weighted by Crippen LogP contribution is -2.24. The van der Waals surface area contributed by atoms with Crippen molar-refractivity contribution in [1.82, 2.24) is 0 Å². The Kier molecular flexibility index (Phi) is 6.14. The Morgan fingerprint density at radius 3 is 2.50 bits per heavy atom. The van der Waals surface area contributed by atoms with Gasteiger partial charge in [0.1, 0.15) is 6.10 Å². The van der Waals surface area contributed by atoms with Crippen LogP contribution in [0.5, 0.6) is 0 Å². The first kappa shape index (κ1) is 17.7. The van der Waals surface area contributed by atoms with Crippen LogP contribution >= 0.6 is 0 Å². The largest absolute Gasteiger partial charge is 0.466 e. The SMILES string of the molecule is CCOC(=O)CC(O)C(O)c1ccc(C(C)=O)cc1[N+](=O)[O-]. The molecule has 0 bridgehead atoms. The summed E-state index contributed by atoms with van der Waals surface area (Å²) >= 11 is 0. The van der Waals surface area contributed by atoms with Crippen LogP contribution in [0.1, 0.15) is 42.3 Å². The monoisotopic (exact) mass is 311 g/mol. The number of rotatable bonds is 7. The Balaban J connectivity index is 3.06. The van der Waals surface area contributed by atoms with Crippen LogP contribution in [0.2, 0.25) is 0 Å². The van der Waals surface area contributed by atoms with E-state index < -0.39 is 35.2 Å². The van der Waals surface area contributed by atoms with Crippen molar-refractivity contribution in [3.05, 3.63) is 39.4 Å².